The van der Waals surface area contributed by atoms with Gasteiger partial charge in [-0.25, -0.2) is 0 Å². The minimum atomic E-state index is -0.123. The van der Waals surface area contributed by atoms with Crippen LogP contribution in [-0.4, -0.2) is 33.3 Å². The summed E-state index contributed by atoms with van der Waals surface area (Å²) in [6.45, 7) is 4.23. The molecule has 1 atom stereocenters. The molecule has 1 aromatic rings. The first kappa shape index (κ1) is 18.1. The molecule has 5 heteroatoms. The van der Waals surface area contributed by atoms with Crippen molar-refractivity contribution in [2.45, 2.75) is 45.6 Å². The molecule has 1 N–H and O–H groups in total. The Morgan fingerprint density at radius 1 is 1.09 bits per heavy atom. The van der Waals surface area contributed by atoms with E-state index in [9.17, 15) is 4.79 Å². The van der Waals surface area contributed by atoms with Crippen molar-refractivity contribution in [3.05, 3.63) is 17.7 Å². The summed E-state index contributed by atoms with van der Waals surface area (Å²) in [7, 11) is 4.61. The van der Waals surface area contributed by atoms with Crippen molar-refractivity contribution in [1.82, 2.24) is 5.32 Å². The molecule has 22 heavy (non-hydrogen) atoms. The molecule has 1 amide bonds. The molecule has 124 valence electrons. The van der Waals surface area contributed by atoms with Crippen LogP contribution >= 0.6 is 0 Å². The fourth-order valence-corrected chi connectivity index (χ4v) is 2.31. The van der Waals surface area contributed by atoms with Gasteiger partial charge in [-0.15, -0.1) is 0 Å². The van der Waals surface area contributed by atoms with Crippen molar-refractivity contribution in [2.75, 3.05) is 21.3 Å². The lowest BCUT2D eigenvalue weighted by Gasteiger charge is -2.18. The molecule has 0 saturated heterocycles. The third-order valence-electron chi connectivity index (χ3n) is 3.66. The number of benzene rings is 1. The van der Waals surface area contributed by atoms with Crippen LogP contribution in [0, 0.1) is 0 Å². The van der Waals surface area contributed by atoms with Gasteiger partial charge in [0.05, 0.1) is 21.3 Å². The highest BCUT2D eigenvalue weighted by atomic mass is 16.5. The topological polar surface area (TPSA) is 56.8 Å². The molecule has 0 unspecified atom stereocenters. The van der Waals surface area contributed by atoms with Crippen LogP contribution in [0.15, 0.2) is 12.1 Å². The van der Waals surface area contributed by atoms with E-state index in [1.165, 1.54) is 21.3 Å². The lowest BCUT2D eigenvalue weighted by Crippen LogP contribution is -2.34. The number of unbranched alkanes of at least 4 members (excludes halogenated alkanes) is 1. The van der Waals surface area contributed by atoms with Crippen LogP contribution in [0.2, 0.25) is 0 Å². The van der Waals surface area contributed by atoms with Crippen molar-refractivity contribution in [3.8, 4) is 17.2 Å². The number of nitrogens with one attached hydrogen (secondary N) is 1. The predicted octanol–water partition coefficient (Wildman–Crippen LogP) is 3.41. The van der Waals surface area contributed by atoms with E-state index in [1.54, 1.807) is 12.1 Å². The number of methoxy groups -OCH3 is 3. The largest absolute Gasteiger partial charge is 0.493 e. The molecular formula is C17H27NO4. The van der Waals surface area contributed by atoms with Crippen molar-refractivity contribution in [3.63, 3.8) is 0 Å². The molecule has 5 nitrogen and oxygen atoms in total. The van der Waals surface area contributed by atoms with Gasteiger partial charge in [0.15, 0.2) is 11.5 Å². The second kappa shape index (κ2) is 9.18. The third kappa shape index (κ3) is 4.55. The number of carbonyl (C=O) groups is 1. The summed E-state index contributed by atoms with van der Waals surface area (Å²) < 4.78 is 15.8. The Bertz CT molecular complexity index is 463. The summed E-state index contributed by atoms with van der Waals surface area (Å²) in [5.41, 5.74) is 0.504. The lowest BCUT2D eigenvalue weighted by molar-refractivity contribution is 0.0932. The Balaban J connectivity index is 2.97. The van der Waals surface area contributed by atoms with Gasteiger partial charge in [-0.3, -0.25) is 4.79 Å². The maximum Gasteiger partial charge on any atom is 0.251 e. The van der Waals surface area contributed by atoms with Crippen LogP contribution < -0.4 is 19.5 Å². The molecule has 0 aliphatic rings. The zero-order valence-corrected chi connectivity index (χ0v) is 14.2. The average molecular weight is 309 g/mol. The van der Waals surface area contributed by atoms with Gasteiger partial charge in [0, 0.05) is 11.6 Å². The molecule has 0 aliphatic heterocycles. The standard InChI is InChI=1S/C17H27NO4/c1-6-8-9-13(7-2)18-17(19)12-10-14(20-3)16(22-5)15(11-12)21-4/h10-11,13H,6-9H2,1-5H3,(H,18,19)/t13-/m0/s1. The fourth-order valence-electron chi connectivity index (χ4n) is 2.31. The van der Waals surface area contributed by atoms with Gasteiger partial charge in [-0.2, -0.15) is 0 Å². The van der Waals surface area contributed by atoms with Crippen molar-refractivity contribution in [2.24, 2.45) is 0 Å². The average Bonchev–Trinajstić information content (AvgIpc) is 2.56. The van der Waals surface area contributed by atoms with E-state index in [4.69, 9.17) is 14.2 Å². The number of ether oxygens (including phenoxy) is 3. The fraction of sp³-hybridized carbons (Fsp3) is 0.588. The van der Waals surface area contributed by atoms with Crippen LogP contribution in [-0.2, 0) is 0 Å². The highest BCUT2D eigenvalue weighted by Gasteiger charge is 2.18. The minimum Gasteiger partial charge on any atom is -0.493 e. The Morgan fingerprint density at radius 3 is 2.09 bits per heavy atom. The van der Waals surface area contributed by atoms with Crippen molar-refractivity contribution in [1.29, 1.82) is 0 Å². The van der Waals surface area contributed by atoms with Crippen LogP contribution in [0.3, 0.4) is 0 Å². The second-order valence-electron chi connectivity index (χ2n) is 5.13. The lowest BCUT2D eigenvalue weighted by atomic mass is 10.1. The Hall–Kier alpha value is -1.91. The van der Waals surface area contributed by atoms with E-state index in [2.05, 4.69) is 19.2 Å². The Labute approximate surface area is 132 Å². The maximum absolute atomic E-state index is 12.5. The SMILES string of the molecule is CCCC[C@H](CC)NC(=O)c1cc(OC)c(OC)c(OC)c1. The van der Waals surface area contributed by atoms with Gasteiger partial charge in [0.2, 0.25) is 5.75 Å². The van der Waals surface area contributed by atoms with Gasteiger partial charge in [0.1, 0.15) is 0 Å². The number of carbonyl (C=O) groups excluding carboxylic acids is 1. The van der Waals surface area contributed by atoms with E-state index < -0.39 is 0 Å². The maximum atomic E-state index is 12.5. The highest BCUT2D eigenvalue weighted by molar-refractivity contribution is 5.95. The van der Waals surface area contributed by atoms with E-state index >= 15 is 0 Å². The first-order valence-corrected chi connectivity index (χ1v) is 7.72. The molecule has 0 bridgehead atoms. The smallest absolute Gasteiger partial charge is 0.251 e. The van der Waals surface area contributed by atoms with Crippen molar-refractivity contribution < 1.29 is 19.0 Å². The zero-order chi connectivity index (χ0) is 16.5. The monoisotopic (exact) mass is 309 g/mol. The van der Waals surface area contributed by atoms with Gasteiger partial charge in [-0.05, 0) is 25.0 Å². The summed E-state index contributed by atoms with van der Waals surface area (Å²) in [6, 6.07) is 3.53. The molecule has 1 aromatic carbocycles. The molecule has 1 rings (SSSR count). The van der Waals surface area contributed by atoms with E-state index in [-0.39, 0.29) is 11.9 Å². The summed E-state index contributed by atoms with van der Waals surface area (Å²) >= 11 is 0. The summed E-state index contributed by atoms with van der Waals surface area (Å²) in [5.74, 6) is 1.32. The van der Waals surface area contributed by atoms with Crippen LogP contribution in [0.25, 0.3) is 0 Å². The molecule has 0 aliphatic carbocycles. The molecule has 0 saturated carbocycles. The van der Waals surface area contributed by atoms with E-state index in [0.717, 1.165) is 25.7 Å². The summed E-state index contributed by atoms with van der Waals surface area (Å²) in [4.78, 5) is 12.5. The third-order valence-corrected chi connectivity index (χ3v) is 3.66. The second-order valence-corrected chi connectivity index (χ2v) is 5.13. The molecular weight excluding hydrogens is 282 g/mol. The van der Waals surface area contributed by atoms with Gasteiger partial charge in [-0.1, -0.05) is 26.7 Å². The molecule has 0 spiro atoms. The van der Waals surface area contributed by atoms with E-state index in [1.807, 2.05) is 0 Å². The quantitative estimate of drug-likeness (QED) is 0.759. The summed E-state index contributed by atoms with van der Waals surface area (Å²) in [6.07, 6.45) is 4.13. The molecule has 0 heterocycles. The number of amides is 1. The Morgan fingerprint density at radius 2 is 1.68 bits per heavy atom. The number of hydrogen-bond acceptors (Lipinski definition) is 4. The molecule has 0 aromatic heterocycles. The van der Waals surface area contributed by atoms with Gasteiger partial charge >= 0.3 is 0 Å². The normalized spacial score (nSPS) is 11.7. The highest BCUT2D eigenvalue weighted by Crippen LogP contribution is 2.38. The van der Waals surface area contributed by atoms with Gasteiger partial charge in [0.25, 0.3) is 5.91 Å². The van der Waals surface area contributed by atoms with E-state index in [0.29, 0.717) is 22.8 Å². The Kier molecular flexibility index (Phi) is 7.57. The van der Waals surface area contributed by atoms with Crippen LogP contribution in [0.1, 0.15) is 49.9 Å². The first-order chi connectivity index (χ1) is 10.6. The summed E-state index contributed by atoms with van der Waals surface area (Å²) in [5, 5.41) is 3.07. The van der Waals surface area contributed by atoms with Crippen molar-refractivity contribution >= 4 is 5.91 Å². The molecule has 0 radical (unpaired) electrons. The first-order valence-electron chi connectivity index (χ1n) is 7.72. The number of rotatable bonds is 9. The minimum absolute atomic E-state index is 0.123. The predicted molar refractivity (Wildman–Crippen MR) is 87.2 cm³/mol. The molecule has 0 fully saturated rings. The van der Waals surface area contributed by atoms with Gasteiger partial charge < -0.3 is 19.5 Å². The number of hydrogen-bond donors (Lipinski definition) is 1. The van der Waals surface area contributed by atoms with Crippen LogP contribution in [0.4, 0.5) is 0 Å². The zero-order valence-electron chi connectivity index (χ0n) is 14.2. The van der Waals surface area contributed by atoms with Crippen LogP contribution in [0.5, 0.6) is 17.2 Å².